The van der Waals surface area contributed by atoms with Crippen LogP contribution in [0.1, 0.15) is 57.7 Å². The first kappa shape index (κ1) is 17.2. The molecule has 0 fully saturated rings. The number of esters is 1. The first-order chi connectivity index (χ1) is 11.9. The monoisotopic (exact) mass is 340 g/mol. The fraction of sp³-hybridized carbons (Fsp3) is 0.421. The summed E-state index contributed by atoms with van der Waals surface area (Å²) in [5.41, 5.74) is 3.53. The van der Waals surface area contributed by atoms with E-state index in [1.54, 1.807) is 4.68 Å². The van der Waals surface area contributed by atoms with E-state index in [0.717, 1.165) is 11.3 Å². The van der Waals surface area contributed by atoms with Crippen LogP contribution in [0.5, 0.6) is 0 Å². The predicted molar refractivity (Wildman–Crippen MR) is 96.2 cm³/mol. The Balaban J connectivity index is 2.07. The van der Waals surface area contributed by atoms with Crippen LogP contribution in [0.3, 0.4) is 0 Å². The van der Waals surface area contributed by atoms with E-state index >= 15 is 0 Å². The van der Waals surface area contributed by atoms with Gasteiger partial charge in [0.1, 0.15) is 12.4 Å². The molecule has 6 nitrogen and oxygen atoms in total. The van der Waals surface area contributed by atoms with Crippen LogP contribution in [0.15, 0.2) is 41.9 Å². The van der Waals surface area contributed by atoms with Gasteiger partial charge in [0.05, 0.1) is 11.7 Å². The molecule has 0 saturated carbocycles. The summed E-state index contributed by atoms with van der Waals surface area (Å²) < 4.78 is 7.20. The number of nitrogens with one attached hydrogen (secondary N) is 1. The first-order valence-corrected chi connectivity index (χ1v) is 8.56. The Bertz CT molecular complexity index is 803. The number of rotatable bonds is 4. The van der Waals surface area contributed by atoms with Gasteiger partial charge in [-0.1, -0.05) is 38.1 Å². The number of hydrogen-bond acceptors (Lipinski definition) is 5. The first-order valence-electron chi connectivity index (χ1n) is 8.56. The maximum absolute atomic E-state index is 12.7. The molecule has 0 saturated heterocycles. The predicted octanol–water partition coefficient (Wildman–Crippen LogP) is 3.64. The zero-order valence-electron chi connectivity index (χ0n) is 15.3. The molecule has 0 bridgehead atoms. The van der Waals surface area contributed by atoms with Crippen molar-refractivity contribution < 1.29 is 9.53 Å². The Morgan fingerprint density at radius 2 is 1.88 bits per heavy atom. The standard InChI is InChI=1S/C19H24N4O2/c1-11(2)14-6-8-15(9-7-14)17-16(18(24)25-12(3)4)13(5)22-19-20-10-21-23(17)19/h6-12,17H,1-5H3,(H,20,21,22). The summed E-state index contributed by atoms with van der Waals surface area (Å²) in [7, 11) is 0. The second kappa shape index (κ2) is 6.70. The number of carbonyl (C=O) groups excluding carboxylic acids is 1. The van der Waals surface area contributed by atoms with E-state index in [9.17, 15) is 4.79 Å². The van der Waals surface area contributed by atoms with E-state index in [-0.39, 0.29) is 18.1 Å². The Kier molecular flexibility index (Phi) is 4.61. The van der Waals surface area contributed by atoms with Crippen molar-refractivity contribution >= 4 is 11.9 Å². The lowest BCUT2D eigenvalue weighted by Gasteiger charge is -2.28. The topological polar surface area (TPSA) is 69.0 Å². The molecule has 0 spiro atoms. The fourth-order valence-electron chi connectivity index (χ4n) is 3.00. The van der Waals surface area contributed by atoms with E-state index in [1.165, 1.54) is 11.9 Å². The van der Waals surface area contributed by atoms with Crippen molar-refractivity contribution in [3.8, 4) is 0 Å². The molecule has 6 heteroatoms. The van der Waals surface area contributed by atoms with Crippen LogP contribution < -0.4 is 5.32 Å². The summed E-state index contributed by atoms with van der Waals surface area (Å²) in [5, 5.41) is 7.46. The lowest BCUT2D eigenvalue weighted by Crippen LogP contribution is -2.30. The summed E-state index contributed by atoms with van der Waals surface area (Å²) in [6.45, 7) is 9.87. The lowest BCUT2D eigenvalue weighted by atomic mass is 9.93. The molecule has 25 heavy (non-hydrogen) atoms. The summed E-state index contributed by atoms with van der Waals surface area (Å²) in [5.74, 6) is 0.738. The number of anilines is 1. The molecule has 0 amide bonds. The van der Waals surface area contributed by atoms with Crippen LogP contribution in [-0.2, 0) is 9.53 Å². The molecule has 1 aromatic heterocycles. The van der Waals surface area contributed by atoms with Crippen LogP contribution in [-0.4, -0.2) is 26.8 Å². The maximum atomic E-state index is 12.7. The van der Waals surface area contributed by atoms with Crippen molar-refractivity contribution in [3.63, 3.8) is 0 Å². The van der Waals surface area contributed by atoms with E-state index in [1.807, 2.05) is 32.9 Å². The highest BCUT2D eigenvalue weighted by Gasteiger charge is 2.34. The largest absolute Gasteiger partial charge is 0.459 e. The molecular weight excluding hydrogens is 316 g/mol. The van der Waals surface area contributed by atoms with Crippen molar-refractivity contribution in [2.24, 2.45) is 0 Å². The SMILES string of the molecule is CC1=C(C(=O)OC(C)C)C(c2ccc(C(C)C)cc2)n2ncnc2N1. The van der Waals surface area contributed by atoms with Gasteiger partial charge in [0.2, 0.25) is 5.95 Å². The molecule has 2 heterocycles. The van der Waals surface area contributed by atoms with Gasteiger partial charge in [0.25, 0.3) is 0 Å². The third-order valence-electron chi connectivity index (χ3n) is 4.28. The van der Waals surface area contributed by atoms with Gasteiger partial charge in [0.15, 0.2) is 0 Å². The second-order valence-corrected chi connectivity index (χ2v) is 6.87. The van der Waals surface area contributed by atoms with E-state index < -0.39 is 0 Å². The number of aromatic nitrogens is 3. The van der Waals surface area contributed by atoms with Gasteiger partial charge in [0, 0.05) is 5.70 Å². The Morgan fingerprint density at radius 3 is 2.48 bits per heavy atom. The van der Waals surface area contributed by atoms with Crippen molar-refractivity contribution in [3.05, 3.63) is 53.0 Å². The smallest absolute Gasteiger partial charge is 0.338 e. The summed E-state index contributed by atoms with van der Waals surface area (Å²) >= 11 is 0. The quantitative estimate of drug-likeness (QED) is 0.861. The Morgan fingerprint density at radius 1 is 1.20 bits per heavy atom. The highest BCUT2D eigenvalue weighted by Crippen LogP contribution is 2.35. The number of hydrogen-bond donors (Lipinski definition) is 1. The Labute approximate surface area is 147 Å². The van der Waals surface area contributed by atoms with Gasteiger partial charge in [-0.3, -0.25) is 0 Å². The van der Waals surface area contributed by atoms with Crippen LogP contribution in [0.25, 0.3) is 0 Å². The van der Waals surface area contributed by atoms with E-state index in [4.69, 9.17) is 4.74 Å². The van der Waals surface area contributed by atoms with Crippen LogP contribution in [0, 0.1) is 0 Å². The average molecular weight is 340 g/mol. The zero-order valence-corrected chi connectivity index (χ0v) is 15.3. The molecule has 1 aliphatic heterocycles. The number of fused-ring (bicyclic) bond motifs is 1. The van der Waals surface area contributed by atoms with Gasteiger partial charge in [-0.25, -0.2) is 9.48 Å². The number of allylic oxidation sites excluding steroid dienone is 1. The van der Waals surface area contributed by atoms with Gasteiger partial charge in [-0.05, 0) is 37.8 Å². The van der Waals surface area contributed by atoms with E-state index in [2.05, 4.69) is 41.4 Å². The molecule has 1 aliphatic rings. The molecule has 1 atom stereocenters. The van der Waals surface area contributed by atoms with Gasteiger partial charge in [-0.15, -0.1) is 0 Å². The molecule has 1 unspecified atom stereocenters. The zero-order chi connectivity index (χ0) is 18.1. The summed E-state index contributed by atoms with van der Waals surface area (Å²) in [6.07, 6.45) is 1.30. The number of carbonyl (C=O) groups is 1. The highest BCUT2D eigenvalue weighted by atomic mass is 16.5. The minimum absolute atomic E-state index is 0.186. The molecule has 1 aromatic carbocycles. The van der Waals surface area contributed by atoms with Gasteiger partial charge in [-0.2, -0.15) is 10.1 Å². The average Bonchev–Trinajstić information content (AvgIpc) is 3.00. The molecule has 2 aromatic rings. The Hall–Kier alpha value is -2.63. The third kappa shape index (κ3) is 3.29. The summed E-state index contributed by atoms with van der Waals surface area (Å²) in [6, 6.07) is 7.93. The van der Waals surface area contributed by atoms with Crippen molar-refractivity contribution in [1.82, 2.24) is 14.8 Å². The molecule has 0 radical (unpaired) electrons. The lowest BCUT2D eigenvalue weighted by molar-refractivity contribution is -0.143. The van der Waals surface area contributed by atoms with Crippen molar-refractivity contribution in [2.75, 3.05) is 5.32 Å². The summed E-state index contributed by atoms with van der Waals surface area (Å²) in [4.78, 5) is 17.0. The van der Waals surface area contributed by atoms with Crippen LogP contribution in [0.4, 0.5) is 5.95 Å². The minimum Gasteiger partial charge on any atom is -0.459 e. The highest BCUT2D eigenvalue weighted by molar-refractivity contribution is 5.92. The van der Waals surface area contributed by atoms with Crippen molar-refractivity contribution in [1.29, 1.82) is 0 Å². The molecule has 132 valence electrons. The molecule has 1 N–H and O–H groups in total. The van der Waals surface area contributed by atoms with Crippen LogP contribution >= 0.6 is 0 Å². The van der Waals surface area contributed by atoms with Gasteiger partial charge >= 0.3 is 5.97 Å². The van der Waals surface area contributed by atoms with Crippen molar-refractivity contribution in [2.45, 2.75) is 52.7 Å². The third-order valence-corrected chi connectivity index (χ3v) is 4.28. The molecule has 0 aliphatic carbocycles. The molecular formula is C19H24N4O2. The van der Waals surface area contributed by atoms with Crippen LogP contribution in [0.2, 0.25) is 0 Å². The molecule has 3 rings (SSSR count). The number of nitrogens with zero attached hydrogens (tertiary/aromatic N) is 3. The van der Waals surface area contributed by atoms with Gasteiger partial charge < -0.3 is 10.1 Å². The minimum atomic E-state index is -0.355. The maximum Gasteiger partial charge on any atom is 0.338 e. The normalized spacial score (nSPS) is 16.8. The fourth-order valence-corrected chi connectivity index (χ4v) is 3.00. The second-order valence-electron chi connectivity index (χ2n) is 6.87. The number of benzene rings is 1. The van der Waals surface area contributed by atoms with E-state index in [0.29, 0.717) is 17.4 Å². The number of ether oxygens (including phenoxy) is 1.